The molecule has 1 atom stereocenters. The van der Waals surface area contributed by atoms with E-state index < -0.39 is 0 Å². The minimum Gasteiger partial charge on any atom is -0.491 e. The Morgan fingerprint density at radius 1 is 1.32 bits per heavy atom. The number of hydrogen-bond donors (Lipinski definition) is 1. The molecule has 2 rings (SSSR count). The van der Waals surface area contributed by atoms with Gasteiger partial charge < -0.3 is 15.0 Å². The van der Waals surface area contributed by atoms with Crippen molar-refractivity contribution in [3.8, 4) is 5.75 Å². The molecule has 1 aromatic rings. The van der Waals surface area contributed by atoms with Gasteiger partial charge in [0.25, 0.3) is 0 Å². The largest absolute Gasteiger partial charge is 0.491 e. The van der Waals surface area contributed by atoms with Crippen LogP contribution in [0.3, 0.4) is 0 Å². The number of carbonyl (C=O) groups is 1. The van der Waals surface area contributed by atoms with E-state index in [2.05, 4.69) is 10.2 Å². The van der Waals surface area contributed by atoms with Gasteiger partial charge in [0.1, 0.15) is 5.75 Å². The van der Waals surface area contributed by atoms with E-state index in [0.717, 1.165) is 32.7 Å². The molecule has 1 aliphatic rings. The summed E-state index contributed by atoms with van der Waals surface area (Å²) in [6.45, 7) is 10.6. The lowest BCUT2D eigenvalue weighted by atomic mass is 9.98. The molecule has 0 aliphatic carbocycles. The molecule has 5 heteroatoms. The van der Waals surface area contributed by atoms with Crippen molar-refractivity contribution in [1.29, 1.82) is 0 Å². The monoisotopic (exact) mass is 324 g/mol. The Hall–Kier alpha value is -1.10. The molecule has 1 N–H and O–H groups in total. The van der Waals surface area contributed by atoms with Crippen LogP contribution in [0.5, 0.6) is 5.75 Å². The summed E-state index contributed by atoms with van der Waals surface area (Å²) in [7, 11) is 0. The summed E-state index contributed by atoms with van der Waals surface area (Å²) in [6.07, 6.45) is 0.0873. The first-order valence-corrected chi connectivity index (χ1v) is 8.28. The zero-order chi connectivity index (χ0) is 16.1. The molecule has 1 aromatic carbocycles. The zero-order valence-corrected chi connectivity index (χ0v) is 14.3. The molecule has 0 saturated carbocycles. The van der Waals surface area contributed by atoms with Crippen molar-refractivity contribution in [1.82, 2.24) is 10.2 Å². The van der Waals surface area contributed by atoms with E-state index in [4.69, 9.17) is 16.3 Å². The van der Waals surface area contributed by atoms with E-state index in [9.17, 15) is 4.79 Å². The van der Waals surface area contributed by atoms with E-state index >= 15 is 0 Å². The maximum Gasteiger partial charge on any atom is 0.168 e. The van der Waals surface area contributed by atoms with Gasteiger partial charge in [-0.25, -0.2) is 0 Å². The van der Waals surface area contributed by atoms with E-state index in [0.29, 0.717) is 16.3 Å². The Balaban J connectivity index is 2.01. The third-order valence-electron chi connectivity index (χ3n) is 3.77. The average molecular weight is 325 g/mol. The van der Waals surface area contributed by atoms with Gasteiger partial charge in [-0.3, -0.25) is 4.79 Å². The summed E-state index contributed by atoms with van der Waals surface area (Å²) >= 11 is 6.27. The molecule has 0 spiro atoms. The highest BCUT2D eigenvalue weighted by atomic mass is 35.5. The molecule has 122 valence electrons. The number of nitrogens with one attached hydrogen (secondary N) is 1. The summed E-state index contributed by atoms with van der Waals surface area (Å²) in [5.41, 5.74) is 0.584. The molecule has 0 aromatic heterocycles. The Bertz CT molecular complexity index is 513. The normalized spacial score (nSPS) is 17.5. The Morgan fingerprint density at radius 3 is 2.59 bits per heavy atom. The maximum atomic E-state index is 12.6. The van der Waals surface area contributed by atoms with Crippen molar-refractivity contribution < 1.29 is 9.53 Å². The molecule has 1 saturated heterocycles. The van der Waals surface area contributed by atoms with Gasteiger partial charge in [0.05, 0.1) is 11.1 Å². The summed E-state index contributed by atoms with van der Waals surface area (Å²) < 4.78 is 5.60. The molecule has 1 heterocycles. The summed E-state index contributed by atoms with van der Waals surface area (Å²) in [5.74, 6) is 0.735. The molecule has 0 radical (unpaired) electrons. The molecule has 1 unspecified atom stereocenters. The molecular formula is C17H25ClN2O2. The number of ketones is 1. The minimum absolute atomic E-state index is 0.0625. The first kappa shape index (κ1) is 17.3. The summed E-state index contributed by atoms with van der Waals surface area (Å²) in [5, 5.41) is 3.79. The predicted molar refractivity (Wildman–Crippen MR) is 90.0 cm³/mol. The van der Waals surface area contributed by atoms with Crippen molar-refractivity contribution in [3.63, 3.8) is 0 Å². The number of hydrogen-bond acceptors (Lipinski definition) is 4. The van der Waals surface area contributed by atoms with Crippen LogP contribution in [0, 0.1) is 5.92 Å². The van der Waals surface area contributed by atoms with Gasteiger partial charge in [0.15, 0.2) is 5.78 Å². The molecule has 4 nitrogen and oxygen atoms in total. The fourth-order valence-corrected chi connectivity index (χ4v) is 2.93. The lowest BCUT2D eigenvalue weighted by molar-refractivity contribution is 0.0887. The van der Waals surface area contributed by atoms with Gasteiger partial charge in [-0.15, -0.1) is 0 Å². The van der Waals surface area contributed by atoms with Crippen LogP contribution < -0.4 is 10.1 Å². The van der Waals surface area contributed by atoms with Crippen molar-refractivity contribution in [2.75, 3.05) is 32.7 Å². The Labute approximate surface area is 137 Å². The number of halogens is 1. The van der Waals surface area contributed by atoms with Gasteiger partial charge in [0, 0.05) is 44.2 Å². The second-order valence-corrected chi connectivity index (χ2v) is 6.53. The van der Waals surface area contributed by atoms with Crippen LogP contribution in [0.25, 0.3) is 0 Å². The fourth-order valence-electron chi connectivity index (χ4n) is 2.67. The van der Waals surface area contributed by atoms with E-state index in [1.54, 1.807) is 12.1 Å². The van der Waals surface area contributed by atoms with Gasteiger partial charge in [-0.2, -0.15) is 0 Å². The van der Waals surface area contributed by atoms with Crippen molar-refractivity contribution in [2.45, 2.75) is 26.9 Å². The van der Waals surface area contributed by atoms with Crippen LogP contribution in [-0.2, 0) is 0 Å². The van der Waals surface area contributed by atoms with Gasteiger partial charge >= 0.3 is 0 Å². The molecule has 22 heavy (non-hydrogen) atoms. The van der Waals surface area contributed by atoms with Crippen LogP contribution in [0.15, 0.2) is 18.2 Å². The van der Waals surface area contributed by atoms with E-state index in [1.807, 2.05) is 26.8 Å². The molecule has 1 fully saturated rings. The summed E-state index contributed by atoms with van der Waals surface area (Å²) in [6, 6.07) is 5.32. The van der Waals surface area contributed by atoms with Crippen LogP contribution in [-0.4, -0.2) is 49.5 Å². The highest BCUT2D eigenvalue weighted by Gasteiger charge is 2.22. The van der Waals surface area contributed by atoms with Crippen LogP contribution in [0.2, 0.25) is 5.02 Å². The number of ether oxygens (including phenoxy) is 1. The molecule has 0 amide bonds. The topological polar surface area (TPSA) is 41.6 Å². The maximum absolute atomic E-state index is 12.6. The van der Waals surface area contributed by atoms with E-state index in [1.165, 1.54) is 0 Å². The van der Waals surface area contributed by atoms with E-state index in [-0.39, 0.29) is 17.8 Å². The van der Waals surface area contributed by atoms with Gasteiger partial charge in [-0.05, 0) is 32.0 Å². The molecule has 1 aliphatic heterocycles. The third kappa shape index (κ3) is 4.70. The SMILES string of the molecule is CC(C)Oc1ccc(C(=O)C(C)CN2CCNCC2)c(Cl)c1. The average Bonchev–Trinajstić information content (AvgIpc) is 2.47. The Kier molecular flexibility index (Phi) is 6.24. The highest BCUT2D eigenvalue weighted by Crippen LogP contribution is 2.25. The number of rotatable bonds is 6. The second-order valence-electron chi connectivity index (χ2n) is 6.12. The smallest absolute Gasteiger partial charge is 0.168 e. The van der Waals surface area contributed by atoms with Crippen LogP contribution in [0.1, 0.15) is 31.1 Å². The Morgan fingerprint density at radius 2 is 2.00 bits per heavy atom. The van der Waals surface area contributed by atoms with Gasteiger partial charge in [-0.1, -0.05) is 18.5 Å². The summed E-state index contributed by atoms with van der Waals surface area (Å²) in [4.78, 5) is 14.9. The minimum atomic E-state index is -0.0625. The van der Waals surface area contributed by atoms with Crippen molar-refractivity contribution in [2.24, 2.45) is 5.92 Å². The standard InChI is InChI=1S/C17H25ClN2O2/c1-12(2)22-14-4-5-15(16(18)10-14)17(21)13(3)11-20-8-6-19-7-9-20/h4-5,10,12-13,19H,6-9,11H2,1-3H3. The lowest BCUT2D eigenvalue weighted by Crippen LogP contribution is -2.45. The van der Waals surface area contributed by atoms with Crippen molar-refractivity contribution in [3.05, 3.63) is 28.8 Å². The quantitative estimate of drug-likeness (QED) is 0.817. The number of piperazine rings is 1. The van der Waals surface area contributed by atoms with Crippen LogP contribution in [0.4, 0.5) is 0 Å². The number of nitrogens with zero attached hydrogens (tertiary/aromatic N) is 1. The highest BCUT2D eigenvalue weighted by molar-refractivity contribution is 6.34. The van der Waals surface area contributed by atoms with Gasteiger partial charge in [0.2, 0.25) is 0 Å². The number of Topliss-reactive ketones (excluding diaryl/α,β-unsaturated/α-hetero) is 1. The molecular weight excluding hydrogens is 300 g/mol. The lowest BCUT2D eigenvalue weighted by Gasteiger charge is -2.29. The van der Waals surface area contributed by atoms with Crippen molar-refractivity contribution >= 4 is 17.4 Å². The molecule has 0 bridgehead atoms. The fraction of sp³-hybridized carbons (Fsp3) is 0.588. The first-order valence-electron chi connectivity index (χ1n) is 7.91. The van der Waals surface area contributed by atoms with Crippen LogP contribution >= 0.6 is 11.6 Å². The number of benzene rings is 1. The predicted octanol–water partition coefficient (Wildman–Crippen LogP) is 2.85. The number of carbonyl (C=O) groups excluding carboxylic acids is 1. The third-order valence-corrected chi connectivity index (χ3v) is 4.08. The second kappa shape index (κ2) is 7.95. The zero-order valence-electron chi connectivity index (χ0n) is 13.6. The first-order chi connectivity index (χ1) is 10.5.